The molecule has 0 aliphatic rings. The number of aryl methyl sites for hydroxylation is 1. The molecule has 2 N–H and O–H groups in total. The quantitative estimate of drug-likeness (QED) is 0.910. The lowest BCUT2D eigenvalue weighted by Crippen LogP contribution is -2.06. The number of oxazole rings is 1. The first kappa shape index (κ1) is 12.1. The van der Waals surface area contributed by atoms with Gasteiger partial charge in [-0.2, -0.15) is 0 Å². The zero-order valence-electron chi connectivity index (χ0n) is 9.61. The second kappa shape index (κ2) is 4.89. The van der Waals surface area contributed by atoms with Crippen LogP contribution in [0.15, 0.2) is 39.0 Å². The molecule has 0 unspecified atom stereocenters. The monoisotopic (exact) mass is 252 g/mol. The highest BCUT2D eigenvalue weighted by molar-refractivity contribution is 7.99. The van der Waals surface area contributed by atoms with Gasteiger partial charge in [0.1, 0.15) is 12.1 Å². The summed E-state index contributed by atoms with van der Waals surface area (Å²) in [7, 11) is 0. The maximum Gasteiger partial charge on any atom is 0.260 e. The summed E-state index contributed by atoms with van der Waals surface area (Å²) in [6.07, 6.45) is 1.58. The standard InChI is InChI=1S/C12H13FN2OS/c1-7-6-16-12(15-7)17-11-4-3-9(13)5-10(11)8(2)14/h3-6,8H,14H2,1-2H3/t8-/m1/s1. The van der Waals surface area contributed by atoms with Gasteiger partial charge >= 0.3 is 0 Å². The molecule has 0 aliphatic heterocycles. The fourth-order valence-corrected chi connectivity index (χ4v) is 2.41. The number of hydrogen-bond donors (Lipinski definition) is 1. The van der Waals surface area contributed by atoms with Crippen molar-refractivity contribution in [3.8, 4) is 0 Å². The predicted octanol–water partition coefficient (Wildman–Crippen LogP) is 3.29. The Bertz CT molecular complexity index is 525. The highest BCUT2D eigenvalue weighted by Gasteiger charge is 2.12. The minimum absolute atomic E-state index is 0.232. The van der Waals surface area contributed by atoms with Crippen molar-refractivity contribution in [2.45, 2.75) is 30.0 Å². The summed E-state index contributed by atoms with van der Waals surface area (Å²) >= 11 is 1.35. The Morgan fingerprint density at radius 3 is 2.82 bits per heavy atom. The molecule has 0 fully saturated rings. The van der Waals surface area contributed by atoms with Crippen LogP contribution in [0.2, 0.25) is 0 Å². The molecule has 0 bridgehead atoms. The second-order valence-electron chi connectivity index (χ2n) is 3.83. The second-order valence-corrected chi connectivity index (χ2v) is 4.82. The van der Waals surface area contributed by atoms with Gasteiger partial charge in [0.25, 0.3) is 5.22 Å². The van der Waals surface area contributed by atoms with Gasteiger partial charge in [-0.25, -0.2) is 9.37 Å². The summed E-state index contributed by atoms with van der Waals surface area (Å²) < 4.78 is 18.4. The van der Waals surface area contributed by atoms with Crippen molar-refractivity contribution < 1.29 is 8.81 Å². The highest BCUT2D eigenvalue weighted by Crippen LogP contribution is 2.32. The third kappa shape index (κ3) is 2.87. The lowest BCUT2D eigenvalue weighted by molar-refractivity contribution is 0.454. The van der Waals surface area contributed by atoms with Gasteiger partial charge in [0, 0.05) is 10.9 Å². The maximum atomic E-state index is 13.1. The van der Waals surface area contributed by atoms with Crippen LogP contribution in [0.4, 0.5) is 4.39 Å². The average molecular weight is 252 g/mol. The molecule has 2 rings (SSSR count). The van der Waals surface area contributed by atoms with Crippen LogP contribution in [0.5, 0.6) is 0 Å². The van der Waals surface area contributed by atoms with E-state index in [2.05, 4.69) is 4.98 Å². The predicted molar refractivity (Wildman–Crippen MR) is 64.4 cm³/mol. The number of halogens is 1. The van der Waals surface area contributed by atoms with Gasteiger partial charge < -0.3 is 10.2 Å². The number of hydrogen-bond acceptors (Lipinski definition) is 4. The molecule has 1 aromatic heterocycles. The number of nitrogens with zero attached hydrogens (tertiary/aromatic N) is 1. The maximum absolute atomic E-state index is 13.1. The SMILES string of the molecule is Cc1coc(Sc2ccc(F)cc2[C@@H](C)N)n1. The van der Waals surface area contributed by atoms with E-state index in [0.29, 0.717) is 5.22 Å². The summed E-state index contributed by atoms with van der Waals surface area (Å²) in [6, 6.07) is 4.31. The fourth-order valence-electron chi connectivity index (χ4n) is 1.44. The first-order chi connectivity index (χ1) is 8.06. The molecule has 2 aromatic rings. The van der Waals surface area contributed by atoms with E-state index in [0.717, 1.165) is 16.2 Å². The van der Waals surface area contributed by atoms with E-state index >= 15 is 0 Å². The van der Waals surface area contributed by atoms with Crippen LogP contribution in [-0.4, -0.2) is 4.98 Å². The Morgan fingerprint density at radius 2 is 2.24 bits per heavy atom. The summed E-state index contributed by atoms with van der Waals surface area (Å²) in [4.78, 5) is 5.05. The van der Waals surface area contributed by atoms with E-state index in [1.807, 2.05) is 13.8 Å². The van der Waals surface area contributed by atoms with Crippen LogP contribution in [0.25, 0.3) is 0 Å². The van der Waals surface area contributed by atoms with Crippen molar-refractivity contribution >= 4 is 11.8 Å². The zero-order valence-corrected chi connectivity index (χ0v) is 10.4. The Hall–Kier alpha value is -1.33. The number of rotatable bonds is 3. The van der Waals surface area contributed by atoms with Crippen molar-refractivity contribution in [3.05, 3.63) is 41.5 Å². The minimum atomic E-state index is -0.287. The molecule has 3 nitrogen and oxygen atoms in total. The molecule has 17 heavy (non-hydrogen) atoms. The Labute approximate surface area is 103 Å². The molecule has 0 saturated heterocycles. The van der Waals surface area contributed by atoms with Gasteiger partial charge in [-0.05, 0) is 49.4 Å². The molecule has 1 atom stereocenters. The smallest absolute Gasteiger partial charge is 0.260 e. The Kier molecular flexibility index (Phi) is 3.49. The van der Waals surface area contributed by atoms with E-state index in [1.54, 1.807) is 12.3 Å². The third-order valence-corrected chi connectivity index (χ3v) is 3.21. The van der Waals surface area contributed by atoms with Gasteiger partial charge in [0.15, 0.2) is 0 Å². The van der Waals surface area contributed by atoms with Crippen molar-refractivity contribution in [1.29, 1.82) is 0 Å². The molecule has 90 valence electrons. The summed E-state index contributed by atoms with van der Waals surface area (Å²) in [5.74, 6) is -0.287. The molecule has 0 spiro atoms. The van der Waals surface area contributed by atoms with Gasteiger partial charge in [-0.1, -0.05) is 0 Å². The molecule has 0 saturated carbocycles. The third-order valence-electron chi connectivity index (χ3n) is 2.26. The molecular weight excluding hydrogens is 239 g/mol. The largest absolute Gasteiger partial charge is 0.439 e. The molecule has 0 radical (unpaired) electrons. The lowest BCUT2D eigenvalue weighted by Gasteiger charge is -2.10. The van der Waals surface area contributed by atoms with E-state index in [-0.39, 0.29) is 11.9 Å². The Morgan fingerprint density at radius 1 is 1.47 bits per heavy atom. The van der Waals surface area contributed by atoms with Gasteiger partial charge in [-0.15, -0.1) is 0 Å². The topological polar surface area (TPSA) is 52.0 Å². The zero-order chi connectivity index (χ0) is 12.4. The number of aromatic nitrogens is 1. The number of benzene rings is 1. The van der Waals surface area contributed by atoms with E-state index < -0.39 is 0 Å². The summed E-state index contributed by atoms with van der Waals surface area (Å²) in [5, 5.41) is 0.538. The van der Waals surface area contributed by atoms with Crippen molar-refractivity contribution in [1.82, 2.24) is 4.98 Å². The fraction of sp³-hybridized carbons (Fsp3) is 0.250. The Balaban J connectivity index is 2.32. The molecular formula is C12H13FN2OS. The van der Waals surface area contributed by atoms with Crippen molar-refractivity contribution in [3.63, 3.8) is 0 Å². The molecule has 0 amide bonds. The summed E-state index contributed by atoms with van der Waals surface area (Å²) in [6.45, 7) is 3.67. The van der Waals surface area contributed by atoms with E-state index in [4.69, 9.17) is 10.2 Å². The van der Waals surface area contributed by atoms with E-state index in [1.165, 1.54) is 23.9 Å². The first-order valence-electron chi connectivity index (χ1n) is 5.21. The summed E-state index contributed by atoms with van der Waals surface area (Å²) in [5.41, 5.74) is 7.38. The molecule has 1 heterocycles. The van der Waals surface area contributed by atoms with Crippen LogP contribution in [0.3, 0.4) is 0 Å². The number of nitrogens with two attached hydrogens (primary N) is 1. The van der Waals surface area contributed by atoms with Crippen LogP contribution in [0.1, 0.15) is 24.2 Å². The minimum Gasteiger partial charge on any atom is -0.439 e. The van der Waals surface area contributed by atoms with Gasteiger partial charge in [0.05, 0.1) is 5.69 Å². The van der Waals surface area contributed by atoms with Crippen LogP contribution in [-0.2, 0) is 0 Å². The highest BCUT2D eigenvalue weighted by atomic mass is 32.2. The lowest BCUT2D eigenvalue weighted by atomic mass is 10.1. The van der Waals surface area contributed by atoms with Gasteiger partial charge in [0.2, 0.25) is 0 Å². The molecule has 5 heteroatoms. The van der Waals surface area contributed by atoms with Crippen molar-refractivity contribution in [2.75, 3.05) is 0 Å². The molecule has 0 aliphatic carbocycles. The van der Waals surface area contributed by atoms with Gasteiger partial charge in [-0.3, -0.25) is 0 Å². The normalized spacial score (nSPS) is 12.7. The molecule has 1 aromatic carbocycles. The first-order valence-corrected chi connectivity index (χ1v) is 6.03. The average Bonchev–Trinajstić information content (AvgIpc) is 2.66. The van der Waals surface area contributed by atoms with Crippen LogP contribution < -0.4 is 5.73 Å². The van der Waals surface area contributed by atoms with E-state index in [9.17, 15) is 4.39 Å². The van der Waals surface area contributed by atoms with Crippen molar-refractivity contribution in [2.24, 2.45) is 5.73 Å². The van der Waals surface area contributed by atoms with Crippen LogP contribution in [0, 0.1) is 12.7 Å². The van der Waals surface area contributed by atoms with Crippen LogP contribution >= 0.6 is 11.8 Å².